The molecule has 0 unspecified atom stereocenters. The number of rotatable bonds is 7. The average molecular weight is 358 g/mol. The molecule has 4 nitrogen and oxygen atoms in total. The first-order valence-electron chi connectivity index (χ1n) is 7.00. The highest BCUT2D eigenvalue weighted by Crippen LogP contribution is 2.26. The number of methoxy groups -OCH3 is 1. The molecule has 0 atom stereocenters. The van der Waals surface area contributed by atoms with Crippen LogP contribution in [-0.2, 0) is 16.4 Å². The lowest BCUT2D eigenvalue weighted by atomic mass is 10.1. The van der Waals surface area contributed by atoms with Gasteiger partial charge in [0.05, 0.1) is 17.0 Å². The molecule has 23 heavy (non-hydrogen) atoms. The van der Waals surface area contributed by atoms with Crippen LogP contribution in [0.5, 0.6) is 5.75 Å². The van der Waals surface area contributed by atoms with Gasteiger partial charge < -0.3 is 4.74 Å². The zero-order valence-corrected chi connectivity index (χ0v) is 14.1. The van der Waals surface area contributed by atoms with Crippen molar-refractivity contribution in [1.82, 2.24) is 4.72 Å². The van der Waals surface area contributed by atoms with Crippen LogP contribution in [-0.4, -0.2) is 22.1 Å². The minimum Gasteiger partial charge on any atom is -0.495 e. The monoisotopic (exact) mass is 357 g/mol. The first kappa shape index (κ1) is 17.7. The van der Waals surface area contributed by atoms with E-state index >= 15 is 0 Å². The number of hydrogen-bond acceptors (Lipinski definition) is 3. The Labute approximate surface area is 140 Å². The number of aryl methyl sites for hydroxylation is 1. The third-order valence-corrected chi connectivity index (χ3v) is 5.04. The molecular formula is C16H17ClFNO3S. The highest BCUT2D eigenvalue weighted by molar-refractivity contribution is 7.89. The van der Waals surface area contributed by atoms with Gasteiger partial charge in [0.1, 0.15) is 11.6 Å². The summed E-state index contributed by atoms with van der Waals surface area (Å²) in [7, 11) is -2.16. The summed E-state index contributed by atoms with van der Waals surface area (Å²) in [4.78, 5) is 0.0880. The van der Waals surface area contributed by atoms with Crippen LogP contribution < -0.4 is 9.46 Å². The summed E-state index contributed by atoms with van der Waals surface area (Å²) in [5.74, 6) is 0.132. The summed E-state index contributed by atoms with van der Waals surface area (Å²) < 4.78 is 44.7. The second kappa shape index (κ2) is 7.77. The van der Waals surface area contributed by atoms with Gasteiger partial charge in [-0.2, -0.15) is 0 Å². The molecule has 0 aliphatic heterocycles. The molecule has 7 heteroatoms. The summed E-state index contributed by atoms with van der Waals surface area (Å²) in [6.07, 6.45) is 1.26. The van der Waals surface area contributed by atoms with Crippen molar-refractivity contribution in [2.45, 2.75) is 17.7 Å². The van der Waals surface area contributed by atoms with Gasteiger partial charge in [-0.1, -0.05) is 23.7 Å². The lowest BCUT2D eigenvalue weighted by molar-refractivity contribution is 0.414. The summed E-state index contributed by atoms with van der Waals surface area (Å²) >= 11 is 5.94. The second-order valence-electron chi connectivity index (χ2n) is 4.92. The van der Waals surface area contributed by atoms with Crippen LogP contribution in [0.4, 0.5) is 4.39 Å². The number of sulfonamides is 1. The molecule has 2 aromatic carbocycles. The molecule has 124 valence electrons. The molecule has 0 bridgehead atoms. The van der Waals surface area contributed by atoms with E-state index in [0.717, 1.165) is 5.56 Å². The van der Waals surface area contributed by atoms with Crippen LogP contribution in [0.2, 0.25) is 5.02 Å². The molecule has 0 aliphatic carbocycles. The van der Waals surface area contributed by atoms with Gasteiger partial charge in [-0.15, -0.1) is 0 Å². The van der Waals surface area contributed by atoms with Crippen molar-refractivity contribution in [2.75, 3.05) is 13.7 Å². The predicted molar refractivity (Wildman–Crippen MR) is 87.9 cm³/mol. The number of ether oxygens (including phenoxy) is 1. The Kier molecular flexibility index (Phi) is 5.98. The van der Waals surface area contributed by atoms with Crippen molar-refractivity contribution >= 4 is 21.6 Å². The maximum atomic E-state index is 12.8. The normalized spacial score (nSPS) is 11.4. The fourth-order valence-electron chi connectivity index (χ4n) is 2.05. The van der Waals surface area contributed by atoms with E-state index in [0.29, 0.717) is 18.6 Å². The standard InChI is InChI=1S/C16H17ClFNO3S/c1-22-16-9-8-14(11-15(16)17)23(20,21)19-10-2-3-12-4-6-13(18)7-5-12/h4-9,11,19H,2-3,10H2,1H3. The molecule has 1 N–H and O–H groups in total. The van der Waals surface area contributed by atoms with E-state index in [1.807, 2.05) is 0 Å². The quantitative estimate of drug-likeness (QED) is 0.773. The average Bonchev–Trinajstić information content (AvgIpc) is 2.53. The maximum absolute atomic E-state index is 12.8. The molecule has 2 aromatic rings. The SMILES string of the molecule is COc1ccc(S(=O)(=O)NCCCc2ccc(F)cc2)cc1Cl. The van der Waals surface area contributed by atoms with Crippen molar-refractivity contribution in [3.05, 3.63) is 58.9 Å². The van der Waals surface area contributed by atoms with Crippen molar-refractivity contribution in [3.63, 3.8) is 0 Å². The van der Waals surface area contributed by atoms with Gasteiger partial charge in [-0.05, 0) is 48.7 Å². The fraction of sp³-hybridized carbons (Fsp3) is 0.250. The van der Waals surface area contributed by atoms with E-state index in [2.05, 4.69) is 4.72 Å². The summed E-state index contributed by atoms with van der Waals surface area (Å²) in [6, 6.07) is 10.4. The topological polar surface area (TPSA) is 55.4 Å². The molecule has 0 spiro atoms. The van der Waals surface area contributed by atoms with Crippen LogP contribution in [0.1, 0.15) is 12.0 Å². The molecule has 0 radical (unpaired) electrons. The van der Waals surface area contributed by atoms with Crippen LogP contribution >= 0.6 is 11.6 Å². The van der Waals surface area contributed by atoms with Crippen LogP contribution in [0.15, 0.2) is 47.4 Å². The highest BCUT2D eigenvalue weighted by Gasteiger charge is 2.15. The predicted octanol–water partition coefficient (Wildman–Crippen LogP) is 3.40. The molecule has 0 saturated heterocycles. The molecule has 0 amide bonds. The lowest BCUT2D eigenvalue weighted by Gasteiger charge is -2.09. The number of halogens is 2. The van der Waals surface area contributed by atoms with Crippen LogP contribution in [0.25, 0.3) is 0 Å². The first-order chi connectivity index (χ1) is 10.9. The van der Waals surface area contributed by atoms with Crippen molar-refractivity contribution in [2.24, 2.45) is 0 Å². The van der Waals surface area contributed by atoms with Gasteiger partial charge in [0.25, 0.3) is 0 Å². The Morgan fingerprint density at radius 1 is 1.17 bits per heavy atom. The van der Waals surface area contributed by atoms with Crippen molar-refractivity contribution in [1.29, 1.82) is 0 Å². The number of hydrogen-bond donors (Lipinski definition) is 1. The Morgan fingerprint density at radius 3 is 2.48 bits per heavy atom. The van der Waals surface area contributed by atoms with E-state index in [1.54, 1.807) is 12.1 Å². The van der Waals surface area contributed by atoms with Gasteiger partial charge >= 0.3 is 0 Å². The van der Waals surface area contributed by atoms with E-state index in [-0.39, 0.29) is 22.3 Å². The third-order valence-electron chi connectivity index (χ3n) is 3.28. The summed E-state index contributed by atoms with van der Waals surface area (Å²) in [6.45, 7) is 0.281. The zero-order chi connectivity index (χ0) is 16.9. The molecular weight excluding hydrogens is 341 g/mol. The van der Waals surface area contributed by atoms with Crippen LogP contribution in [0, 0.1) is 5.82 Å². The van der Waals surface area contributed by atoms with E-state index < -0.39 is 10.0 Å². The molecule has 0 aromatic heterocycles. The minimum absolute atomic E-state index is 0.0880. The Morgan fingerprint density at radius 2 is 1.87 bits per heavy atom. The van der Waals surface area contributed by atoms with Gasteiger partial charge in [-0.25, -0.2) is 17.5 Å². The molecule has 0 saturated carbocycles. The van der Waals surface area contributed by atoms with E-state index in [9.17, 15) is 12.8 Å². The maximum Gasteiger partial charge on any atom is 0.240 e. The van der Waals surface area contributed by atoms with Gasteiger partial charge in [0.15, 0.2) is 0 Å². The molecule has 2 rings (SSSR count). The van der Waals surface area contributed by atoms with Crippen molar-refractivity contribution < 1.29 is 17.5 Å². The first-order valence-corrected chi connectivity index (χ1v) is 8.86. The van der Waals surface area contributed by atoms with Gasteiger partial charge in [0.2, 0.25) is 10.0 Å². The Balaban J connectivity index is 1.91. The Hall–Kier alpha value is -1.63. The second-order valence-corrected chi connectivity index (χ2v) is 7.10. The minimum atomic E-state index is -3.62. The van der Waals surface area contributed by atoms with Crippen molar-refractivity contribution in [3.8, 4) is 5.75 Å². The van der Waals surface area contributed by atoms with Crippen LogP contribution in [0.3, 0.4) is 0 Å². The van der Waals surface area contributed by atoms with Gasteiger partial charge in [-0.3, -0.25) is 0 Å². The Bertz CT molecular complexity index is 763. The number of benzene rings is 2. The summed E-state index contributed by atoms with van der Waals surface area (Å²) in [5.41, 5.74) is 0.957. The molecule has 0 heterocycles. The van der Waals surface area contributed by atoms with Gasteiger partial charge in [0, 0.05) is 6.54 Å². The summed E-state index contributed by atoms with van der Waals surface area (Å²) in [5, 5.41) is 0.238. The van der Waals surface area contributed by atoms with E-state index in [1.165, 1.54) is 37.4 Å². The lowest BCUT2D eigenvalue weighted by Crippen LogP contribution is -2.25. The molecule has 0 fully saturated rings. The zero-order valence-electron chi connectivity index (χ0n) is 12.6. The smallest absolute Gasteiger partial charge is 0.240 e. The number of nitrogens with one attached hydrogen (secondary N) is 1. The van der Waals surface area contributed by atoms with E-state index in [4.69, 9.17) is 16.3 Å². The largest absolute Gasteiger partial charge is 0.495 e. The highest BCUT2D eigenvalue weighted by atomic mass is 35.5. The third kappa shape index (κ3) is 4.92. The molecule has 0 aliphatic rings. The fourth-order valence-corrected chi connectivity index (χ4v) is 3.47.